The van der Waals surface area contributed by atoms with Crippen molar-refractivity contribution < 1.29 is 17.9 Å². The Balaban J connectivity index is 1.87. The SMILES string of the molecule is CCS(=O)(=O)Nc1ccc(Oc2ccc(C(N)=O)cc2)c(-c2cn(C)c(=O)c3[nH]ccc23)c1. The quantitative estimate of drug-likeness (QED) is 0.384. The third-order valence-electron chi connectivity index (χ3n) is 5.18. The highest BCUT2D eigenvalue weighted by Crippen LogP contribution is 2.38. The Morgan fingerprint density at radius 3 is 2.52 bits per heavy atom. The van der Waals surface area contributed by atoms with Crippen LogP contribution in [0.5, 0.6) is 11.5 Å². The van der Waals surface area contributed by atoms with Crippen LogP contribution in [-0.4, -0.2) is 29.6 Å². The van der Waals surface area contributed by atoms with Gasteiger partial charge in [0.15, 0.2) is 0 Å². The predicted molar refractivity (Wildman–Crippen MR) is 127 cm³/mol. The van der Waals surface area contributed by atoms with Crippen LogP contribution in [-0.2, 0) is 17.1 Å². The van der Waals surface area contributed by atoms with Crippen LogP contribution in [0.2, 0.25) is 0 Å². The van der Waals surface area contributed by atoms with Crippen LogP contribution in [0.15, 0.2) is 65.7 Å². The van der Waals surface area contributed by atoms with E-state index >= 15 is 0 Å². The molecule has 1 amide bonds. The van der Waals surface area contributed by atoms with Gasteiger partial charge in [0.1, 0.15) is 17.0 Å². The molecule has 0 atom stereocenters. The van der Waals surface area contributed by atoms with Crippen LogP contribution in [0.1, 0.15) is 17.3 Å². The number of anilines is 1. The second-order valence-electron chi connectivity index (χ2n) is 7.43. The summed E-state index contributed by atoms with van der Waals surface area (Å²) in [6.45, 7) is 1.55. The number of H-pyrrole nitrogens is 1. The van der Waals surface area contributed by atoms with Gasteiger partial charge in [-0.15, -0.1) is 0 Å². The minimum absolute atomic E-state index is 0.0747. The van der Waals surface area contributed by atoms with Crippen LogP contribution in [0, 0.1) is 0 Å². The average molecular weight is 467 g/mol. The number of hydrogen-bond donors (Lipinski definition) is 3. The molecule has 9 nitrogen and oxygen atoms in total. The van der Waals surface area contributed by atoms with E-state index in [1.165, 1.54) is 4.57 Å². The molecule has 2 aromatic carbocycles. The Kier molecular flexibility index (Phi) is 5.69. The molecule has 0 aliphatic heterocycles. The van der Waals surface area contributed by atoms with Gasteiger partial charge in [-0.3, -0.25) is 14.3 Å². The van der Waals surface area contributed by atoms with Gasteiger partial charge in [0, 0.05) is 47.2 Å². The first-order valence-corrected chi connectivity index (χ1v) is 11.7. The molecule has 4 rings (SSSR count). The molecule has 10 heteroatoms. The molecule has 0 bridgehead atoms. The molecule has 0 aliphatic rings. The number of nitrogens with one attached hydrogen (secondary N) is 2. The number of hydrogen-bond acceptors (Lipinski definition) is 5. The van der Waals surface area contributed by atoms with Crippen LogP contribution in [0.25, 0.3) is 22.0 Å². The zero-order chi connectivity index (χ0) is 23.8. The van der Waals surface area contributed by atoms with Gasteiger partial charge in [-0.1, -0.05) is 0 Å². The molecule has 4 aromatic rings. The number of primary amides is 1. The molecule has 33 heavy (non-hydrogen) atoms. The molecule has 0 radical (unpaired) electrons. The maximum Gasteiger partial charge on any atom is 0.274 e. The van der Waals surface area contributed by atoms with Crippen molar-refractivity contribution in [2.24, 2.45) is 12.8 Å². The summed E-state index contributed by atoms with van der Waals surface area (Å²) in [5.41, 5.74) is 7.49. The normalized spacial score (nSPS) is 11.5. The number of ether oxygens (including phenoxy) is 1. The molecule has 2 aromatic heterocycles. The largest absolute Gasteiger partial charge is 0.457 e. The number of pyridine rings is 1. The van der Waals surface area contributed by atoms with E-state index in [2.05, 4.69) is 9.71 Å². The summed E-state index contributed by atoms with van der Waals surface area (Å²) in [4.78, 5) is 26.8. The van der Waals surface area contributed by atoms with Gasteiger partial charge in [0.05, 0.1) is 5.75 Å². The van der Waals surface area contributed by atoms with E-state index < -0.39 is 15.9 Å². The minimum Gasteiger partial charge on any atom is -0.457 e. The van der Waals surface area contributed by atoms with Crippen molar-refractivity contribution in [3.8, 4) is 22.6 Å². The first-order valence-electron chi connectivity index (χ1n) is 10.1. The number of sulfonamides is 1. The summed E-state index contributed by atoms with van der Waals surface area (Å²) in [6, 6.07) is 13.0. The highest BCUT2D eigenvalue weighted by molar-refractivity contribution is 7.92. The number of rotatable bonds is 7. The number of amides is 1. The van der Waals surface area contributed by atoms with Crippen molar-refractivity contribution in [1.82, 2.24) is 9.55 Å². The lowest BCUT2D eigenvalue weighted by atomic mass is 10.0. The van der Waals surface area contributed by atoms with Crippen molar-refractivity contribution in [2.75, 3.05) is 10.5 Å². The number of fused-ring (bicyclic) bond motifs is 1. The van der Waals surface area contributed by atoms with Crippen molar-refractivity contribution >= 4 is 32.5 Å². The highest BCUT2D eigenvalue weighted by atomic mass is 32.2. The Morgan fingerprint density at radius 1 is 1.12 bits per heavy atom. The van der Waals surface area contributed by atoms with E-state index in [-0.39, 0.29) is 11.3 Å². The molecule has 0 fully saturated rings. The maximum atomic E-state index is 12.5. The smallest absolute Gasteiger partial charge is 0.274 e. The number of aromatic amines is 1. The second kappa shape index (κ2) is 8.47. The third kappa shape index (κ3) is 4.46. The van der Waals surface area contributed by atoms with Gasteiger partial charge in [-0.05, 0) is 55.5 Å². The summed E-state index contributed by atoms with van der Waals surface area (Å²) >= 11 is 0. The lowest BCUT2D eigenvalue weighted by Crippen LogP contribution is -2.17. The standard InChI is InChI=1S/C23H22N4O5S/c1-3-33(30,31)26-15-6-9-20(32-16-7-4-14(5-8-16)22(24)28)18(12-15)19-13-27(2)23(29)21-17(19)10-11-25-21/h4-13,25-26H,3H2,1-2H3,(H2,24,28). The zero-order valence-corrected chi connectivity index (χ0v) is 18.8. The number of benzene rings is 2. The van der Waals surface area contributed by atoms with Crippen molar-refractivity contribution in [3.63, 3.8) is 0 Å². The number of nitrogens with zero attached hydrogens (tertiary/aromatic N) is 1. The topological polar surface area (TPSA) is 136 Å². The number of nitrogens with two attached hydrogens (primary N) is 1. The van der Waals surface area contributed by atoms with E-state index in [9.17, 15) is 18.0 Å². The fraction of sp³-hybridized carbons (Fsp3) is 0.130. The minimum atomic E-state index is -3.50. The third-order valence-corrected chi connectivity index (χ3v) is 6.49. The van der Waals surface area contributed by atoms with E-state index in [4.69, 9.17) is 10.5 Å². The number of aryl methyl sites for hydroxylation is 1. The second-order valence-corrected chi connectivity index (χ2v) is 9.44. The molecule has 2 heterocycles. The van der Waals surface area contributed by atoms with Crippen LogP contribution >= 0.6 is 0 Å². The van der Waals surface area contributed by atoms with Gasteiger partial charge in [0.25, 0.3) is 5.56 Å². The maximum absolute atomic E-state index is 12.5. The average Bonchev–Trinajstić information content (AvgIpc) is 3.28. The van der Waals surface area contributed by atoms with Gasteiger partial charge in [0.2, 0.25) is 15.9 Å². The number of aromatic nitrogens is 2. The Bertz CT molecular complexity index is 1520. The van der Waals surface area contributed by atoms with Gasteiger partial charge < -0.3 is 20.0 Å². The molecular formula is C23H22N4O5S. The molecule has 0 unspecified atom stereocenters. The van der Waals surface area contributed by atoms with E-state index in [0.29, 0.717) is 44.8 Å². The number of carbonyl (C=O) groups excluding carboxylic acids is 1. The summed E-state index contributed by atoms with van der Waals surface area (Å²) in [6.07, 6.45) is 3.34. The molecule has 4 N–H and O–H groups in total. The fourth-order valence-electron chi connectivity index (χ4n) is 3.44. The molecule has 0 saturated carbocycles. The van der Waals surface area contributed by atoms with E-state index in [1.54, 1.807) is 74.9 Å². The first kappa shape index (κ1) is 22.2. The van der Waals surface area contributed by atoms with Crippen molar-refractivity contribution in [2.45, 2.75) is 6.92 Å². The fourth-order valence-corrected chi connectivity index (χ4v) is 4.07. The summed E-state index contributed by atoms with van der Waals surface area (Å²) in [5, 5.41) is 0.669. The van der Waals surface area contributed by atoms with Crippen LogP contribution in [0.3, 0.4) is 0 Å². The summed E-state index contributed by atoms with van der Waals surface area (Å²) in [7, 11) is -1.86. The number of carbonyl (C=O) groups is 1. The molecule has 0 saturated heterocycles. The first-order chi connectivity index (χ1) is 15.7. The van der Waals surface area contributed by atoms with Crippen molar-refractivity contribution in [3.05, 3.63) is 76.8 Å². The van der Waals surface area contributed by atoms with Gasteiger partial charge in [-0.2, -0.15) is 0 Å². The molecule has 0 aliphatic carbocycles. The zero-order valence-electron chi connectivity index (χ0n) is 18.0. The monoisotopic (exact) mass is 466 g/mol. The summed E-state index contributed by atoms with van der Waals surface area (Å²) < 4.78 is 34.3. The molecular weight excluding hydrogens is 444 g/mol. The Hall–Kier alpha value is -4.05. The van der Waals surface area contributed by atoms with E-state index in [0.717, 1.165) is 0 Å². The van der Waals surface area contributed by atoms with Crippen LogP contribution in [0.4, 0.5) is 5.69 Å². The van der Waals surface area contributed by atoms with E-state index in [1.807, 2.05) is 0 Å². The lowest BCUT2D eigenvalue weighted by molar-refractivity contribution is 0.1000. The van der Waals surface area contributed by atoms with Crippen molar-refractivity contribution in [1.29, 1.82) is 0 Å². The van der Waals surface area contributed by atoms with Gasteiger partial charge in [-0.25, -0.2) is 8.42 Å². The Labute approximate surface area is 189 Å². The molecule has 170 valence electrons. The molecule has 0 spiro atoms. The van der Waals surface area contributed by atoms with Crippen LogP contribution < -0.4 is 20.8 Å². The lowest BCUT2D eigenvalue weighted by Gasteiger charge is -2.16. The Morgan fingerprint density at radius 2 is 1.85 bits per heavy atom. The van der Waals surface area contributed by atoms with Gasteiger partial charge >= 0.3 is 0 Å². The summed E-state index contributed by atoms with van der Waals surface area (Å²) in [5.74, 6) is 0.268. The highest BCUT2D eigenvalue weighted by Gasteiger charge is 2.17. The predicted octanol–water partition coefficient (Wildman–Crippen LogP) is 3.19.